The number of rotatable bonds is 5. The van der Waals surface area contributed by atoms with E-state index in [0.717, 1.165) is 59.4 Å². The molecule has 0 radical (unpaired) electrons. The van der Waals surface area contributed by atoms with Crippen LogP contribution in [-0.4, -0.2) is 19.9 Å². The summed E-state index contributed by atoms with van der Waals surface area (Å²) < 4.78 is 1.16. The summed E-state index contributed by atoms with van der Waals surface area (Å²) >= 11 is 1.72. The molecule has 43 heavy (non-hydrogen) atoms. The molecule has 0 aliphatic heterocycles. The fourth-order valence-corrected chi connectivity index (χ4v) is 6.46. The van der Waals surface area contributed by atoms with Gasteiger partial charge in [-0.05, 0) is 34.7 Å². The van der Waals surface area contributed by atoms with Crippen molar-refractivity contribution < 1.29 is 0 Å². The Morgan fingerprint density at radius 2 is 0.907 bits per heavy atom. The van der Waals surface area contributed by atoms with Crippen LogP contribution in [0.5, 0.6) is 0 Å². The Hall–Kier alpha value is -5.52. The van der Waals surface area contributed by atoms with Crippen molar-refractivity contribution in [3.63, 3.8) is 0 Å². The lowest BCUT2D eigenvalue weighted by molar-refractivity contribution is 1.07. The van der Waals surface area contributed by atoms with Crippen molar-refractivity contribution in [2.24, 2.45) is 0 Å². The first kappa shape index (κ1) is 25.2. The van der Waals surface area contributed by atoms with Gasteiger partial charge in [0, 0.05) is 27.6 Å². The monoisotopic (exact) mass is 568 g/mol. The molecular formula is C38H24N4S. The molecule has 0 atom stereocenters. The first-order chi connectivity index (χ1) is 21.3. The van der Waals surface area contributed by atoms with Crippen molar-refractivity contribution in [3.05, 3.63) is 146 Å². The standard InChI is InChI=1S/C38H24N4S/c1-4-11-25(12-5-1)29-17-10-18-30(23-29)36-40-35(27-13-6-2-7-14-27)41-37(42-36)31-20-19-26-21-22-33-34(32(26)24-31)43-38(39-33)28-15-8-3-9-16-28/h1-24H. The summed E-state index contributed by atoms with van der Waals surface area (Å²) in [5.41, 5.74) is 7.22. The zero-order valence-electron chi connectivity index (χ0n) is 23.1. The summed E-state index contributed by atoms with van der Waals surface area (Å²) in [4.78, 5) is 19.9. The van der Waals surface area contributed by atoms with Crippen LogP contribution in [0.1, 0.15) is 0 Å². The van der Waals surface area contributed by atoms with E-state index in [4.69, 9.17) is 19.9 Å². The lowest BCUT2D eigenvalue weighted by atomic mass is 10.0. The number of hydrogen-bond acceptors (Lipinski definition) is 5. The summed E-state index contributed by atoms with van der Waals surface area (Å²) in [6, 6.07) is 49.9. The Balaban J connectivity index is 1.29. The number of nitrogens with zero attached hydrogens (tertiary/aromatic N) is 4. The molecule has 4 nitrogen and oxygen atoms in total. The number of aromatic nitrogens is 4. The highest BCUT2D eigenvalue weighted by molar-refractivity contribution is 7.22. The summed E-state index contributed by atoms with van der Waals surface area (Å²) in [6.07, 6.45) is 0. The fraction of sp³-hybridized carbons (Fsp3) is 0. The predicted octanol–water partition coefficient (Wildman–Crippen LogP) is 9.97. The summed E-state index contributed by atoms with van der Waals surface area (Å²) in [7, 11) is 0. The van der Waals surface area contributed by atoms with E-state index < -0.39 is 0 Å². The number of fused-ring (bicyclic) bond motifs is 3. The Bertz CT molecular complexity index is 2230. The van der Waals surface area contributed by atoms with E-state index >= 15 is 0 Å². The van der Waals surface area contributed by atoms with Crippen LogP contribution in [0.25, 0.3) is 76.9 Å². The molecule has 0 N–H and O–H groups in total. The van der Waals surface area contributed by atoms with Gasteiger partial charge in [-0.3, -0.25) is 0 Å². The lowest BCUT2D eigenvalue weighted by Crippen LogP contribution is -2.00. The number of benzene rings is 6. The topological polar surface area (TPSA) is 51.6 Å². The maximum Gasteiger partial charge on any atom is 0.164 e. The van der Waals surface area contributed by atoms with Gasteiger partial charge in [0.2, 0.25) is 0 Å². The highest BCUT2D eigenvalue weighted by atomic mass is 32.1. The maximum absolute atomic E-state index is 5.04. The van der Waals surface area contributed by atoms with Crippen LogP contribution in [0.3, 0.4) is 0 Å². The van der Waals surface area contributed by atoms with Crippen LogP contribution in [0.4, 0.5) is 0 Å². The molecule has 0 aliphatic rings. The van der Waals surface area contributed by atoms with Crippen molar-refractivity contribution in [2.45, 2.75) is 0 Å². The minimum atomic E-state index is 0.640. The van der Waals surface area contributed by atoms with Crippen LogP contribution >= 0.6 is 11.3 Å². The van der Waals surface area contributed by atoms with Crippen LogP contribution in [0, 0.1) is 0 Å². The van der Waals surface area contributed by atoms with Crippen molar-refractivity contribution in [1.29, 1.82) is 0 Å². The molecule has 0 saturated heterocycles. The van der Waals surface area contributed by atoms with Crippen LogP contribution in [0.15, 0.2) is 146 Å². The van der Waals surface area contributed by atoms with Crippen molar-refractivity contribution in [1.82, 2.24) is 19.9 Å². The first-order valence-corrected chi connectivity index (χ1v) is 15.0. The van der Waals surface area contributed by atoms with Gasteiger partial charge in [-0.2, -0.15) is 0 Å². The minimum Gasteiger partial charge on any atom is -0.236 e. The van der Waals surface area contributed by atoms with Crippen LogP contribution in [0.2, 0.25) is 0 Å². The highest BCUT2D eigenvalue weighted by Crippen LogP contribution is 2.37. The third kappa shape index (κ3) is 4.86. The van der Waals surface area contributed by atoms with E-state index in [-0.39, 0.29) is 0 Å². The van der Waals surface area contributed by atoms with Gasteiger partial charge in [-0.1, -0.05) is 127 Å². The maximum atomic E-state index is 5.04. The second-order valence-electron chi connectivity index (χ2n) is 10.4. The SMILES string of the molecule is c1ccc(-c2cccc(-c3nc(-c4ccccc4)nc(-c4ccc5ccc6nc(-c7ccccc7)sc6c5c4)n3)c2)cc1. The minimum absolute atomic E-state index is 0.640. The Morgan fingerprint density at radius 3 is 1.60 bits per heavy atom. The van der Waals surface area contributed by atoms with E-state index in [2.05, 4.69) is 103 Å². The molecular weight excluding hydrogens is 545 g/mol. The zero-order valence-corrected chi connectivity index (χ0v) is 23.9. The Morgan fingerprint density at radius 1 is 0.372 bits per heavy atom. The van der Waals surface area contributed by atoms with Crippen LogP contribution < -0.4 is 0 Å². The van der Waals surface area contributed by atoms with E-state index in [0.29, 0.717) is 17.5 Å². The molecule has 202 valence electrons. The van der Waals surface area contributed by atoms with Crippen molar-refractivity contribution >= 4 is 32.3 Å². The van der Waals surface area contributed by atoms with Gasteiger partial charge >= 0.3 is 0 Å². The summed E-state index contributed by atoms with van der Waals surface area (Å²) in [5, 5.41) is 3.32. The smallest absolute Gasteiger partial charge is 0.164 e. The summed E-state index contributed by atoms with van der Waals surface area (Å²) in [5.74, 6) is 1.93. The molecule has 0 unspecified atom stereocenters. The lowest BCUT2D eigenvalue weighted by Gasteiger charge is -2.10. The number of hydrogen-bond donors (Lipinski definition) is 0. The van der Waals surface area contributed by atoms with E-state index in [9.17, 15) is 0 Å². The third-order valence-corrected chi connectivity index (χ3v) is 8.70. The molecule has 6 aromatic carbocycles. The fourth-order valence-electron chi connectivity index (χ4n) is 5.37. The van der Waals surface area contributed by atoms with Gasteiger partial charge in [0.1, 0.15) is 5.01 Å². The Labute approximate surface area is 253 Å². The second kappa shape index (κ2) is 10.7. The molecule has 2 aromatic heterocycles. The quantitative estimate of drug-likeness (QED) is 0.207. The van der Waals surface area contributed by atoms with Crippen molar-refractivity contribution in [2.75, 3.05) is 0 Å². The highest BCUT2D eigenvalue weighted by Gasteiger charge is 2.15. The molecule has 0 spiro atoms. The average molecular weight is 569 g/mol. The largest absolute Gasteiger partial charge is 0.236 e. The predicted molar refractivity (Wildman–Crippen MR) is 178 cm³/mol. The van der Waals surface area contributed by atoms with Gasteiger partial charge in [-0.15, -0.1) is 11.3 Å². The van der Waals surface area contributed by atoms with Gasteiger partial charge < -0.3 is 0 Å². The molecule has 0 saturated carbocycles. The normalized spacial score (nSPS) is 11.3. The van der Waals surface area contributed by atoms with Gasteiger partial charge in [-0.25, -0.2) is 19.9 Å². The molecule has 0 aliphatic carbocycles. The molecule has 8 aromatic rings. The van der Waals surface area contributed by atoms with Crippen molar-refractivity contribution in [3.8, 4) is 55.9 Å². The second-order valence-corrected chi connectivity index (χ2v) is 11.4. The Kier molecular flexibility index (Phi) is 6.28. The van der Waals surface area contributed by atoms with Crippen LogP contribution in [-0.2, 0) is 0 Å². The zero-order chi connectivity index (χ0) is 28.6. The van der Waals surface area contributed by atoms with Gasteiger partial charge in [0.05, 0.1) is 10.2 Å². The molecule has 2 heterocycles. The molecule has 0 bridgehead atoms. The number of thiazole rings is 1. The van der Waals surface area contributed by atoms with E-state index in [1.54, 1.807) is 11.3 Å². The average Bonchev–Trinajstić information content (AvgIpc) is 3.54. The van der Waals surface area contributed by atoms with Gasteiger partial charge in [0.15, 0.2) is 17.5 Å². The van der Waals surface area contributed by atoms with E-state index in [1.165, 1.54) is 0 Å². The van der Waals surface area contributed by atoms with E-state index in [1.807, 2.05) is 42.5 Å². The van der Waals surface area contributed by atoms with Gasteiger partial charge in [0.25, 0.3) is 0 Å². The first-order valence-electron chi connectivity index (χ1n) is 14.1. The molecule has 0 fully saturated rings. The third-order valence-electron chi connectivity index (χ3n) is 7.55. The molecule has 8 rings (SSSR count). The summed E-state index contributed by atoms with van der Waals surface area (Å²) in [6.45, 7) is 0. The molecule has 5 heteroatoms. The molecule has 0 amide bonds.